The van der Waals surface area contributed by atoms with Crippen LogP contribution in [0.2, 0.25) is 0 Å². The summed E-state index contributed by atoms with van der Waals surface area (Å²) in [6.07, 6.45) is -0.514. The Morgan fingerprint density at radius 2 is 1.68 bits per heavy atom. The van der Waals surface area contributed by atoms with E-state index in [1.54, 1.807) is 44.2 Å². The summed E-state index contributed by atoms with van der Waals surface area (Å²) in [7, 11) is -4.01. The molecule has 0 amide bonds. The van der Waals surface area contributed by atoms with Crippen molar-refractivity contribution in [2.75, 3.05) is 0 Å². The second-order valence-electron chi connectivity index (χ2n) is 4.75. The van der Waals surface area contributed by atoms with Gasteiger partial charge in [-0.05, 0) is 39.8 Å². The molecule has 1 aromatic rings. The summed E-state index contributed by atoms with van der Waals surface area (Å²) in [6, 6.07) is 8.19. The van der Waals surface area contributed by atoms with E-state index < -0.39 is 27.1 Å². The Kier molecular flexibility index (Phi) is 4.70. The van der Waals surface area contributed by atoms with Crippen LogP contribution in [0.15, 0.2) is 30.3 Å². The minimum atomic E-state index is -4.01. The van der Waals surface area contributed by atoms with Gasteiger partial charge in [0.1, 0.15) is 0 Å². The van der Waals surface area contributed by atoms with E-state index >= 15 is 0 Å². The molecule has 0 spiro atoms. The molecule has 0 N–H and O–H groups in total. The Labute approximate surface area is 113 Å². The summed E-state index contributed by atoms with van der Waals surface area (Å²) in [5, 5.41) is 0. The first-order valence-corrected chi connectivity index (χ1v) is 7.28. The summed E-state index contributed by atoms with van der Waals surface area (Å²) in [5.74, 6) is -0.707. The van der Waals surface area contributed by atoms with Crippen LogP contribution >= 0.6 is 0 Å². The van der Waals surface area contributed by atoms with Crippen molar-refractivity contribution in [2.24, 2.45) is 0 Å². The van der Waals surface area contributed by atoms with E-state index in [2.05, 4.69) is 0 Å². The Hall–Kier alpha value is -1.40. The van der Waals surface area contributed by atoms with Crippen molar-refractivity contribution in [3.05, 3.63) is 35.9 Å². The summed E-state index contributed by atoms with van der Waals surface area (Å²) in [4.78, 5) is 10.1. The van der Waals surface area contributed by atoms with Crippen LogP contribution in [0.1, 0.15) is 38.1 Å². The molecule has 106 valence electrons. The lowest BCUT2D eigenvalue weighted by atomic mass is 10.2. The van der Waals surface area contributed by atoms with Crippen molar-refractivity contribution in [1.82, 2.24) is 0 Å². The summed E-state index contributed by atoms with van der Waals surface area (Å²) < 4.78 is 33.7. The monoisotopic (exact) mass is 286 g/mol. The van der Waals surface area contributed by atoms with E-state index in [0.29, 0.717) is 0 Å². The van der Waals surface area contributed by atoms with Gasteiger partial charge in [0.2, 0.25) is 4.93 Å². The highest BCUT2D eigenvalue weighted by Gasteiger charge is 2.40. The Morgan fingerprint density at radius 3 is 2.16 bits per heavy atom. The molecule has 0 aliphatic carbocycles. The number of hydrogen-bond donors (Lipinski definition) is 0. The highest BCUT2D eigenvalue weighted by molar-refractivity contribution is 7.88. The first-order chi connectivity index (χ1) is 8.66. The maximum atomic E-state index is 11.9. The van der Waals surface area contributed by atoms with Crippen molar-refractivity contribution in [2.45, 2.75) is 38.7 Å². The number of ether oxygens (including phenoxy) is 1. The molecule has 0 radical (unpaired) electrons. The molecule has 0 heterocycles. The molecule has 0 bridgehead atoms. The quantitative estimate of drug-likeness (QED) is 0.614. The summed E-state index contributed by atoms with van der Waals surface area (Å²) >= 11 is 0. The molecule has 5 nitrogen and oxygen atoms in total. The third-order valence-corrected chi connectivity index (χ3v) is 4.19. The van der Waals surface area contributed by atoms with E-state index in [0.717, 1.165) is 0 Å². The molecule has 0 aromatic heterocycles. The minimum absolute atomic E-state index is 0.287. The van der Waals surface area contributed by atoms with Gasteiger partial charge in [0.15, 0.2) is 0 Å². The number of esters is 1. The maximum absolute atomic E-state index is 11.9. The topological polar surface area (TPSA) is 69.7 Å². The maximum Gasteiger partial charge on any atom is 0.339 e. The largest absolute Gasteiger partial charge is 0.437 e. The fraction of sp³-hybridized carbons (Fsp3) is 0.462. The number of benzene rings is 1. The van der Waals surface area contributed by atoms with Gasteiger partial charge in [-0.25, -0.2) is 4.79 Å². The molecule has 0 fully saturated rings. The van der Waals surface area contributed by atoms with Gasteiger partial charge in [-0.2, -0.15) is 8.42 Å². The van der Waals surface area contributed by atoms with Gasteiger partial charge < -0.3 is 4.74 Å². The highest BCUT2D eigenvalue weighted by atomic mass is 32.2. The minimum Gasteiger partial charge on any atom is -0.437 e. The van der Waals surface area contributed by atoms with Gasteiger partial charge >= 0.3 is 16.1 Å². The van der Waals surface area contributed by atoms with Crippen molar-refractivity contribution >= 4 is 16.1 Å². The normalized spacial score (nSPS) is 12.5. The predicted octanol–water partition coefficient (Wildman–Crippen LogP) is 2.33. The average molecular weight is 286 g/mol. The lowest BCUT2D eigenvalue weighted by Gasteiger charge is -2.25. The fourth-order valence-electron chi connectivity index (χ4n) is 1.28. The van der Waals surface area contributed by atoms with E-state index in [-0.39, 0.29) is 5.56 Å². The van der Waals surface area contributed by atoms with Gasteiger partial charge in [0.25, 0.3) is 0 Å². The molecular formula is C13H18O5S. The van der Waals surface area contributed by atoms with Crippen molar-refractivity contribution < 1.29 is 22.1 Å². The van der Waals surface area contributed by atoms with Crippen LogP contribution in [0.3, 0.4) is 0 Å². The SMILES string of the molecule is CC(C)OS(=O)(=O)C(C)(C)OC(=O)c1ccccc1. The van der Waals surface area contributed by atoms with E-state index in [1.165, 1.54) is 13.8 Å². The second kappa shape index (κ2) is 5.71. The fourth-order valence-corrected chi connectivity index (χ4v) is 2.19. The number of carbonyl (C=O) groups excluding carboxylic acids is 1. The van der Waals surface area contributed by atoms with Crippen molar-refractivity contribution in [3.63, 3.8) is 0 Å². The molecule has 0 atom stereocenters. The van der Waals surface area contributed by atoms with Gasteiger partial charge in [0.05, 0.1) is 11.7 Å². The molecule has 1 rings (SSSR count). The summed E-state index contributed by atoms with van der Waals surface area (Å²) in [5.41, 5.74) is 0.287. The molecule has 0 unspecified atom stereocenters. The van der Waals surface area contributed by atoms with Gasteiger partial charge in [-0.1, -0.05) is 18.2 Å². The lowest BCUT2D eigenvalue weighted by molar-refractivity contribution is 0.0220. The zero-order valence-corrected chi connectivity index (χ0v) is 12.2. The Morgan fingerprint density at radius 1 is 1.16 bits per heavy atom. The number of carbonyl (C=O) groups is 1. The van der Waals surface area contributed by atoms with Crippen LogP contribution in [-0.4, -0.2) is 25.4 Å². The Balaban J connectivity index is 2.88. The standard InChI is InChI=1S/C13H18O5S/c1-10(2)18-19(15,16)13(3,4)17-12(14)11-8-6-5-7-9-11/h5-10H,1-4H3. The zero-order valence-electron chi connectivity index (χ0n) is 11.4. The molecule has 1 aromatic carbocycles. The smallest absolute Gasteiger partial charge is 0.339 e. The molecule has 19 heavy (non-hydrogen) atoms. The van der Waals surface area contributed by atoms with Crippen LogP contribution < -0.4 is 0 Å². The zero-order chi connectivity index (χ0) is 14.7. The average Bonchev–Trinajstić information content (AvgIpc) is 2.27. The van der Waals surface area contributed by atoms with E-state index in [9.17, 15) is 13.2 Å². The van der Waals surface area contributed by atoms with Crippen LogP contribution in [0, 0.1) is 0 Å². The predicted molar refractivity (Wildman–Crippen MR) is 71.1 cm³/mol. The third kappa shape index (κ3) is 4.04. The van der Waals surface area contributed by atoms with Gasteiger partial charge in [-0.15, -0.1) is 0 Å². The lowest BCUT2D eigenvalue weighted by Crippen LogP contribution is -2.39. The molecule has 0 aliphatic rings. The number of hydrogen-bond acceptors (Lipinski definition) is 5. The van der Waals surface area contributed by atoms with Crippen molar-refractivity contribution in [3.8, 4) is 0 Å². The van der Waals surface area contributed by atoms with Gasteiger partial charge in [0, 0.05) is 0 Å². The third-order valence-electron chi connectivity index (χ3n) is 2.27. The number of rotatable bonds is 5. The van der Waals surface area contributed by atoms with Crippen molar-refractivity contribution in [1.29, 1.82) is 0 Å². The molecule has 0 saturated heterocycles. The van der Waals surface area contributed by atoms with E-state index in [1.807, 2.05) is 0 Å². The molecule has 0 aliphatic heterocycles. The van der Waals surface area contributed by atoms with Crippen LogP contribution in [0.25, 0.3) is 0 Å². The second-order valence-corrected chi connectivity index (χ2v) is 6.84. The van der Waals surface area contributed by atoms with Gasteiger partial charge in [-0.3, -0.25) is 4.18 Å². The molecule has 0 saturated carbocycles. The molecular weight excluding hydrogens is 268 g/mol. The van der Waals surface area contributed by atoms with Crippen LogP contribution in [-0.2, 0) is 19.0 Å². The first kappa shape index (κ1) is 15.7. The molecule has 6 heteroatoms. The summed E-state index contributed by atoms with van der Waals surface area (Å²) in [6.45, 7) is 5.75. The highest BCUT2D eigenvalue weighted by Crippen LogP contribution is 2.23. The van der Waals surface area contributed by atoms with Crippen LogP contribution in [0.5, 0.6) is 0 Å². The van der Waals surface area contributed by atoms with E-state index in [4.69, 9.17) is 8.92 Å². The van der Waals surface area contributed by atoms with Crippen LogP contribution in [0.4, 0.5) is 0 Å². The first-order valence-electron chi connectivity index (χ1n) is 5.87. The Bertz CT molecular complexity index is 531.